The van der Waals surface area contributed by atoms with Crippen LogP contribution in [0, 0.1) is 5.92 Å². The molecule has 1 fully saturated rings. The minimum atomic E-state index is -4.37. The zero-order valence-corrected chi connectivity index (χ0v) is 11.4. The van der Waals surface area contributed by atoms with E-state index in [-0.39, 0.29) is 24.3 Å². The first-order valence-electron chi connectivity index (χ1n) is 6.74. The van der Waals surface area contributed by atoms with E-state index in [0.717, 1.165) is 12.1 Å². The number of hydrogen-bond acceptors (Lipinski definition) is 3. The Kier molecular flexibility index (Phi) is 3.59. The van der Waals surface area contributed by atoms with Crippen molar-refractivity contribution in [3.63, 3.8) is 0 Å². The van der Waals surface area contributed by atoms with Crippen LogP contribution in [0.3, 0.4) is 0 Å². The van der Waals surface area contributed by atoms with E-state index in [1.807, 2.05) is 0 Å². The van der Waals surface area contributed by atoms with Crippen molar-refractivity contribution in [1.29, 1.82) is 0 Å². The highest BCUT2D eigenvalue weighted by molar-refractivity contribution is 5.82. The summed E-state index contributed by atoms with van der Waals surface area (Å²) < 4.78 is 38.1. The van der Waals surface area contributed by atoms with Gasteiger partial charge in [-0.25, -0.2) is 4.98 Å². The monoisotopic (exact) mass is 310 g/mol. The van der Waals surface area contributed by atoms with Gasteiger partial charge >= 0.3 is 6.18 Å². The maximum atomic E-state index is 12.7. The molecule has 0 bridgehead atoms. The number of halogens is 3. The van der Waals surface area contributed by atoms with Crippen LogP contribution in [0.15, 0.2) is 30.6 Å². The van der Waals surface area contributed by atoms with Gasteiger partial charge in [-0.1, -0.05) is 18.2 Å². The number of aromatic nitrogens is 3. The van der Waals surface area contributed by atoms with Crippen molar-refractivity contribution >= 4 is 5.91 Å². The van der Waals surface area contributed by atoms with Crippen LogP contribution in [0.1, 0.15) is 29.3 Å². The molecule has 2 atom stereocenters. The van der Waals surface area contributed by atoms with E-state index in [1.165, 1.54) is 12.4 Å². The third-order valence-electron chi connectivity index (χ3n) is 3.66. The van der Waals surface area contributed by atoms with Crippen LogP contribution in [-0.2, 0) is 17.5 Å². The molecule has 1 saturated carbocycles. The zero-order valence-electron chi connectivity index (χ0n) is 11.4. The molecule has 0 radical (unpaired) electrons. The molecule has 0 aliphatic heterocycles. The first kappa shape index (κ1) is 14.6. The number of nitrogens with one attached hydrogen (secondary N) is 2. The van der Waals surface area contributed by atoms with Gasteiger partial charge in [0.2, 0.25) is 5.91 Å². The van der Waals surface area contributed by atoms with Crippen molar-refractivity contribution in [2.75, 3.05) is 0 Å². The molecule has 116 valence electrons. The number of aromatic amines is 1. The van der Waals surface area contributed by atoms with Crippen molar-refractivity contribution in [2.45, 2.75) is 25.1 Å². The van der Waals surface area contributed by atoms with E-state index < -0.39 is 11.7 Å². The molecule has 3 rings (SSSR count). The second kappa shape index (κ2) is 5.43. The zero-order chi connectivity index (χ0) is 15.7. The summed E-state index contributed by atoms with van der Waals surface area (Å²) in [7, 11) is 0. The normalized spacial score (nSPS) is 20.7. The number of amides is 1. The maximum Gasteiger partial charge on any atom is 0.416 e. The summed E-state index contributed by atoms with van der Waals surface area (Å²) in [5.41, 5.74) is -0.132. The molecule has 1 heterocycles. The van der Waals surface area contributed by atoms with Gasteiger partial charge in [-0.3, -0.25) is 9.89 Å². The van der Waals surface area contributed by atoms with Crippen molar-refractivity contribution in [2.24, 2.45) is 5.92 Å². The average Bonchev–Trinajstić information content (AvgIpc) is 3.12. The van der Waals surface area contributed by atoms with Crippen LogP contribution in [0.2, 0.25) is 0 Å². The molecular weight excluding hydrogens is 297 g/mol. The third-order valence-corrected chi connectivity index (χ3v) is 3.66. The van der Waals surface area contributed by atoms with Crippen molar-refractivity contribution in [1.82, 2.24) is 20.5 Å². The number of rotatable bonds is 4. The van der Waals surface area contributed by atoms with Gasteiger partial charge in [0.1, 0.15) is 12.2 Å². The summed E-state index contributed by atoms with van der Waals surface area (Å²) in [5, 5.41) is 8.98. The molecule has 1 aromatic heterocycles. The molecule has 5 nitrogen and oxygen atoms in total. The minimum absolute atomic E-state index is 0.156. The number of H-pyrrole nitrogens is 1. The van der Waals surface area contributed by atoms with Crippen LogP contribution in [0.25, 0.3) is 0 Å². The predicted molar refractivity (Wildman–Crippen MR) is 70.5 cm³/mol. The van der Waals surface area contributed by atoms with E-state index in [1.54, 1.807) is 6.07 Å². The number of carbonyl (C=O) groups excluding carboxylic acids is 1. The van der Waals surface area contributed by atoms with Gasteiger partial charge in [-0.05, 0) is 24.0 Å². The van der Waals surface area contributed by atoms with Crippen LogP contribution >= 0.6 is 0 Å². The fourth-order valence-electron chi connectivity index (χ4n) is 2.42. The number of hydrogen-bond donors (Lipinski definition) is 2. The molecule has 1 aromatic carbocycles. The highest BCUT2D eigenvalue weighted by Crippen LogP contribution is 2.48. The molecule has 22 heavy (non-hydrogen) atoms. The Morgan fingerprint density at radius 3 is 2.91 bits per heavy atom. The fraction of sp³-hybridized carbons (Fsp3) is 0.357. The standard InChI is InChI=1S/C14H13F3N4O/c15-14(16,17)9-3-1-2-8(4-9)10-5-11(10)13(22)18-6-12-19-7-20-21-12/h1-4,7,10-11H,5-6H2,(H,18,22)(H,19,20,21)/t10-,11+/m0/s1. The molecule has 1 aliphatic rings. The van der Waals surface area contributed by atoms with E-state index in [2.05, 4.69) is 20.5 Å². The minimum Gasteiger partial charge on any atom is -0.349 e. The van der Waals surface area contributed by atoms with Gasteiger partial charge in [0, 0.05) is 5.92 Å². The molecular formula is C14H13F3N4O. The number of nitrogens with zero attached hydrogens (tertiary/aromatic N) is 2. The summed E-state index contributed by atoms with van der Waals surface area (Å²) >= 11 is 0. The van der Waals surface area contributed by atoms with Crippen LogP contribution in [0.4, 0.5) is 13.2 Å². The van der Waals surface area contributed by atoms with Gasteiger partial charge in [-0.15, -0.1) is 0 Å². The molecule has 0 unspecified atom stereocenters. The smallest absolute Gasteiger partial charge is 0.349 e. The third kappa shape index (κ3) is 3.10. The Morgan fingerprint density at radius 1 is 1.41 bits per heavy atom. The Hall–Kier alpha value is -2.38. The quantitative estimate of drug-likeness (QED) is 0.910. The first-order valence-corrected chi connectivity index (χ1v) is 6.74. The van der Waals surface area contributed by atoms with E-state index in [4.69, 9.17) is 0 Å². The molecule has 0 spiro atoms. The lowest BCUT2D eigenvalue weighted by Gasteiger charge is -2.08. The molecule has 1 aliphatic carbocycles. The van der Waals surface area contributed by atoms with Gasteiger partial charge in [-0.2, -0.15) is 18.3 Å². The van der Waals surface area contributed by atoms with Crippen LogP contribution < -0.4 is 5.32 Å². The van der Waals surface area contributed by atoms with Gasteiger partial charge < -0.3 is 5.32 Å². The lowest BCUT2D eigenvalue weighted by Crippen LogP contribution is -2.25. The topological polar surface area (TPSA) is 70.7 Å². The Morgan fingerprint density at radius 2 is 2.23 bits per heavy atom. The second-order valence-corrected chi connectivity index (χ2v) is 5.22. The molecule has 0 saturated heterocycles. The summed E-state index contributed by atoms with van der Waals surface area (Å²) in [6.45, 7) is 0.227. The van der Waals surface area contributed by atoms with Crippen LogP contribution in [-0.4, -0.2) is 21.1 Å². The van der Waals surface area contributed by atoms with Crippen molar-refractivity contribution in [3.05, 3.63) is 47.5 Å². The van der Waals surface area contributed by atoms with Crippen molar-refractivity contribution in [3.8, 4) is 0 Å². The van der Waals surface area contributed by atoms with Crippen molar-refractivity contribution < 1.29 is 18.0 Å². The largest absolute Gasteiger partial charge is 0.416 e. The average molecular weight is 310 g/mol. The summed E-state index contributed by atoms with van der Waals surface area (Å²) in [6, 6.07) is 5.16. The Bertz CT molecular complexity index is 669. The molecule has 1 amide bonds. The summed E-state index contributed by atoms with van der Waals surface area (Å²) in [5.74, 6) is -0.0909. The maximum absolute atomic E-state index is 12.7. The van der Waals surface area contributed by atoms with E-state index in [0.29, 0.717) is 17.8 Å². The molecule has 8 heteroatoms. The fourth-order valence-corrected chi connectivity index (χ4v) is 2.42. The Labute approximate surface area is 123 Å². The SMILES string of the molecule is O=C(NCc1ncn[nH]1)[C@@H]1C[C@H]1c1cccc(C(F)(F)F)c1. The second-order valence-electron chi connectivity index (χ2n) is 5.22. The lowest BCUT2D eigenvalue weighted by molar-refractivity contribution is -0.137. The van der Waals surface area contributed by atoms with Gasteiger partial charge in [0.15, 0.2) is 0 Å². The number of alkyl halides is 3. The molecule has 2 N–H and O–H groups in total. The highest BCUT2D eigenvalue weighted by atomic mass is 19.4. The molecule has 2 aromatic rings. The van der Waals surface area contributed by atoms with E-state index in [9.17, 15) is 18.0 Å². The van der Waals surface area contributed by atoms with Crippen LogP contribution in [0.5, 0.6) is 0 Å². The lowest BCUT2D eigenvalue weighted by atomic mass is 10.1. The highest BCUT2D eigenvalue weighted by Gasteiger charge is 2.44. The summed E-state index contributed by atoms with van der Waals surface area (Å²) in [4.78, 5) is 15.8. The summed E-state index contributed by atoms with van der Waals surface area (Å²) in [6.07, 6.45) is -2.47. The Balaban J connectivity index is 1.61. The van der Waals surface area contributed by atoms with Gasteiger partial charge in [0.25, 0.3) is 0 Å². The van der Waals surface area contributed by atoms with Gasteiger partial charge in [0.05, 0.1) is 12.1 Å². The number of carbonyl (C=O) groups is 1. The predicted octanol–water partition coefficient (Wildman–Crippen LogP) is 2.24. The van der Waals surface area contributed by atoms with E-state index >= 15 is 0 Å². The first-order chi connectivity index (χ1) is 10.4. The number of benzene rings is 1.